The third-order valence-electron chi connectivity index (χ3n) is 3.48. The summed E-state index contributed by atoms with van der Waals surface area (Å²) in [6.45, 7) is 3.79. The van der Waals surface area contributed by atoms with E-state index in [0.29, 0.717) is 17.9 Å². The van der Waals surface area contributed by atoms with Gasteiger partial charge in [0.2, 0.25) is 5.91 Å². The van der Waals surface area contributed by atoms with Gasteiger partial charge in [0, 0.05) is 12.6 Å². The Bertz CT molecular complexity index is 693. The molecule has 0 spiro atoms. The maximum Gasteiger partial charge on any atom is 0.308 e. The zero-order chi connectivity index (χ0) is 16.8. The van der Waals surface area contributed by atoms with Crippen molar-refractivity contribution in [1.29, 1.82) is 0 Å². The Labute approximate surface area is 134 Å². The molecule has 2 N–H and O–H groups in total. The van der Waals surface area contributed by atoms with Crippen molar-refractivity contribution in [2.45, 2.75) is 26.7 Å². The first-order valence-corrected chi connectivity index (χ1v) is 7.41. The fourth-order valence-corrected chi connectivity index (χ4v) is 2.34. The predicted octanol–water partition coefficient (Wildman–Crippen LogP) is 1.89. The molecule has 0 radical (unpaired) electrons. The standard InChI is InChI=1S/C17H20N2O4/c1-11-4-3-5-13(6-11)8-14(17(21)22)10-18-16(20)9-15-7-12(2)23-19-15/h3-7,14H,8-10H2,1-2H3,(H,18,20)(H,21,22). The smallest absolute Gasteiger partial charge is 0.308 e. The topological polar surface area (TPSA) is 92.4 Å². The molecule has 2 aromatic rings. The number of amides is 1. The molecule has 6 heteroatoms. The van der Waals surface area contributed by atoms with E-state index in [0.717, 1.165) is 11.1 Å². The molecule has 1 heterocycles. The summed E-state index contributed by atoms with van der Waals surface area (Å²) in [5, 5.41) is 15.7. The van der Waals surface area contributed by atoms with Crippen molar-refractivity contribution in [3.63, 3.8) is 0 Å². The quantitative estimate of drug-likeness (QED) is 0.814. The van der Waals surface area contributed by atoms with Gasteiger partial charge in [-0.05, 0) is 25.8 Å². The van der Waals surface area contributed by atoms with Crippen LogP contribution >= 0.6 is 0 Å². The molecule has 0 bridgehead atoms. The molecule has 23 heavy (non-hydrogen) atoms. The molecule has 1 aromatic heterocycles. The minimum Gasteiger partial charge on any atom is -0.481 e. The molecule has 0 aliphatic carbocycles. The number of hydrogen-bond donors (Lipinski definition) is 2. The SMILES string of the molecule is Cc1cccc(CC(CNC(=O)Cc2cc(C)on2)C(=O)O)c1. The molecule has 122 valence electrons. The summed E-state index contributed by atoms with van der Waals surface area (Å²) >= 11 is 0. The normalized spacial score (nSPS) is 11.9. The first kappa shape index (κ1) is 16.7. The number of carboxylic acids is 1. The van der Waals surface area contributed by atoms with Gasteiger partial charge < -0.3 is 14.9 Å². The number of nitrogens with one attached hydrogen (secondary N) is 1. The van der Waals surface area contributed by atoms with Crippen molar-refractivity contribution in [1.82, 2.24) is 10.5 Å². The van der Waals surface area contributed by atoms with Gasteiger partial charge in [0.25, 0.3) is 0 Å². The number of aromatic nitrogens is 1. The van der Waals surface area contributed by atoms with Crippen LogP contribution in [0.1, 0.15) is 22.6 Å². The third kappa shape index (κ3) is 5.25. The first-order chi connectivity index (χ1) is 10.9. The summed E-state index contributed by atoms with van der Waals surface area (Å²) in [4.78, 5) is 23.3. The summed E-state index contributed by atoms with van der Waals surface area (Å²) in [6, 6.07) is 9.38. The van der Waals surface area contributed by atoms with Crippen molar-refractivity contribution in [3.05, 3.63) is 52.9 Å². The molecule has 1 aromatic carbocycles. The van der Waals surface area contributed by atoms with E-state index in [1.54, 1.807) is 13.0 Å². The molecule has 0 fully saturated rings. The number of benzene rings is 1. The summed E-state index contributed by atoms with van der Waals surface area (Å²) in [5.74, 6) is -1.23. The molecular formula is C17H20N2O4. The molecule has 0 saturated heterocycles. The highest BCUT2D eigenvalue weighted by Crippen LogP contribution is 2.11. The molecular weight excluding hydrogens is 296 g/mol. The van der Waals surface area contributed by atoms with Crippen LogP contribution in [0.4, 0.5) is 0 Å². The van der Waals surface area contributed by atoms with E-state index in [2.05, 4.69) is 10.5 Å². The Morgan fingerprint density at radius 2 is 2.09 bits per heavy atom. The maximum absolute atomic E-state index is 11.9. The highest BCUT2D eigenvalue weighted by atomic mass is 16.5. The number of aryl methyl sites for hydroxylation is 2. The Balaban J connectivity index is 1.89. The second-order valence-corrected chi connectivity index (χ2v) is 5.64. The van der Waals surface area contributed by atoms with Gasteiger partial charge in [-0.2, -0.15) is 0 Å². The van der Waals surface area contributed by atoms with Crippen LogP contribution in [0.2, 0.25) is 0 Å². The van der Waals surface area contributed by atoms with Crippen molar-refractivity contribution < 1.29 is 19.2 Å². The highest BCUT2D eigenvalue weighted by Gasteiger charge is 2.19. The van der Waals surface area contributed by atoms with E-state index in [4.69, 9.17) is 4.52 Å². The second kappa shape index (κ2) is 7.58. The molecule has 6 nitrogen and oxygen atoms in total. The van der Waals surface area contributed by atoms with Gasteiger partial charge in [0.05, 0.1) is 18.0 Å². The van der Waals surface area contributed by atoms with Crippen LogP contribution in [0.3, 0.4) is 0 Å². The summed E-state index contributed by atoms with van der Waals surface area (Å²) in [6.07, 6.45) is 0.453. The average molecular weight is 316 g/mol. The van der Waals surface area contributed by atoms with Gasteiger partial charge in [-0.15, -0.1) is 0 Å². The van der Waals surface area contributed by atoms with Gasteiger partial charge in [-0.1, -0.05) is 35.0 Å². The van der Waals surface area contributed by atoms with Crippen LogP contribution in [0.25, 0.3) is 0 Å². The van der Waals surface area contributed by atoms with Crippen molar-refractivity contribution in [2.24, 2.45) is 5.92 Å². The Kier molecular flexibility index (Phi) is 5.51. The zero-order valence-electron chi connectivity index (χ0n) is 13.2. The predicted molar refractivity (Wildman–Crippen MR) is 84.0 cm³/mol. The number of carbonyl (C=O) groups is 2. The van der Waals surface area contributed by atoms with Crippen LogP contribution in [-0.2, 0) is 22.4 Å². The van der Waals surface area contributed by atoms with Crippen LogP contribution < -0.4 is 5.32 Å². The monoisotopic (exact) mass is 316 g/mol. The molecule has 0 aliphatic rings. The van der Waals surface area contributed by atoms with Gasteiger partial charge in [-0.25, -0.2) is 0 Å². The molecule has 1 atom stereocenters. The number of rotatable bonds is 7. The minimum absolute atomic E-state index is 0.0775. The van der Waals surface area contributed by atoms with Crippen molar-refractivity contribution in [3.8, 4) is 0 Å². The molecule has 2 rings (SSSR count). The molecule has 1 amide bonds. The zero-order valence-corrected chi connectivity index (χ0v) is 13.2. The summed E-state index contributed by atoms with van der Waals surface area (Å²) in [5.41, 5.74) is 2.56. The second-order valence-electron chi connectivity index (χ2n) is 5.64. The fourth-order valence-electron chi connectivity index (χ4n) is 2.34. The van der Waals surface area contributed by atoms with Gasteiger partial charge in [0.1, 0.15) is 5.76 Å². The Morgan fingerprint density at radius 3 is 2.70 bits per heavy atom. The maximum atomic E-state index is 11.9. The summed E-state index contributed by atoms with van der Waals surface area (Å²) in [7, 11) is 0. The van der Waals surface area contributed by atoms with Gasteiger partial charge >= 0.3 is 5.97 Å². The lowest BCUT2D eigenvalue weighted by Crippen LogP contribution is -2.35. The lowest BCUT2D eigenvalue weighted by Gasteiger charge is -2.13. The van der Waals surface area contributed by atoms with Crippen LogP contribution in [-0.4, -0.2) is 28.7 Å². The summed E-state index contributed by atoms with van der Waals surface area (Å²) < 4.78 is 4.90. The fraction of sp³-hybridized carbons (Fsp3) is 0.353. The Hall–Kier alpha value is -2.63. The van der Waals surface area contributed by atoms with Crippen LogP contribution in [0.15, 0.2) is 34.9 Å². The number of carboxylic acid groups (broad SMARTS) is 1. The van der Waals surface area contributed by atoms with E-state index < -0.39 is 11.9 Å². The van der Waals surface area contributed by atoms with E-state index in [1.807, 2.05) is 31.2 Å². The van der Waals surface area contributed by atoms with E-state index in [-0.39, 0.29) is 18.9 Å². The van der Waals surface area contributed by atoms with E-state index in [9.17, 15) is 14.7 Å². The number of hydrogen-bond acceptors (Lipinski definition) is 4. The van der Waals surface area contributed by atoms with Crippen LogP contribution in [0, 0.1) is 19.8 Å². The lowest BCUT2D eigenvalue weighted by atomic mass is 9.98. The largest absolute Gasteiger partial charge is 0.481 e. The van der Waals surface area contributed by atoms with Crippen molar-refractivity contribution in [2.75, 3.05) is 6.54 Å². The Morgan fingerprint density at radius 1 is 1.30 bits per heavy atom. The number of aliphatic carboxylic acids is 1. The van der Waals surface area contributed by atoms with E-state index >= 15 is 0 Å². The number of nitrogens with zero attached hydrogens (tertiary/aromatic N) is 1. The average Bonchev–Trinajstić information content (AvgIpc) is 2.88. The lowest BCUT2D eigenvalue weighted by molar-refractivity contribution is -0.141. The minimum atomic E-state index is -0.927. The van der Waals surface area contributed by atoms with Crippen LogP contribution in [0.5, 0.6) is 0 Å². The number of carbonyl (C=O) groups excluding carboxylic acids is 1. The highest BCUT2D eigenvalue weighted by molar-refractivity contribution is 5.79. The van der Waals surface area contributed by atoms with E-state index in [1.165, 1.54) is 0 Å². The molecule has 1 unspecified atom stereocenters. The van der Waals surface area contributed by atoms with Gasteiger partial charge in [-0.3, -0.25) is 9.59 Å². The first-order valence-electron chi connectivity index (χ1n) is 7.41. The van der Waals surface area contributed by atoms with Crippen molar-refractivity contribution >= 4 is 11.9 Å². The molecule has 0 saturated carbocycles. The molecule has 0 aliphatic heterocycles. The van der Waals surface area contributed by atoms with Gasteiger partial charge in [0.15, 0.2) is 0 Å². The third-order valence-corrected chi connectivity index (χ3v) is 3.48.